The third-order valence-corrected chi connectivity index (χ3v) is 5.37. The summed E-state index contributed by atoms with van der Waals surface area (Å²) in [7, 11) is 0. The van der Waals surface area contributed by atoms with Gasteiger partial charge in [0.15, 0.2) is 0 Å². The van der Waals surface area contributed by atoms with Gasteiger partial charge < -0.3 is 15.3 Å². The number of amides is 2. The molecule has 6 nitrogen and oxygen atoms in total. The minimum absolute atomic E-state index is 0.115. The summed E-state index contributed by atoms with van der Waals surface area (Å²) in [5, 5.41) is 11.9. The number of nitrogens with one attached hydrogen (secondary N) is 1. The summed E-state index contributed by atoms with van der Waals surface area (Å²) in [6.45, 7) is 4.77. The molecule has 2 aromatic rings. The van der Waals surface area contributed by atoms with Crippen molar-refractivity contribution < 1.29 is 19.5 Å². The normalized spacial score (nSPS) is 14.6. The molecule has 2 amide bonds. The Bertz CT molecular complexity index is 897. The Hall–Kier alpha value is -3.15. The highest BCUT2D eigenvalue weighted by atomic mass is 16.4. The van der Waals surface area contributed by atoms with Crippen molar-refractivity contribution in [1.29, 1.82) is 0 Å². The maximum absolute atomic E-state index is 12.6. The quantitative estimate of drug-likeness (QED) is 0.850. The molecule has 146 valence electrons. The molecule has 0 unspecified atom stereocenters. The second-order valence-corrected chi connectivity index (χ2v) is 7.18. The number of anilines is 1. The second kappa shape index (κ2) is 8.25. The Labute approximate surface area is 164 Å². The van der Waals surface area contributed by atoms with Gasteiger partial charge in [0, 0.05) is 29.9 Å². The molecule has 1 heterocycles. The van der Waals surface area contributed by atoms with Crippen LogP contribution < -0.4 is 5.32 Å². The molecule has 28 heavy (non-hydrogen) atoms. The first-order valence-corrected chi connectivity index (χ1v) is 9.36. The van der Waals surface area contributed by atoms with Crippen molar-refractivity contribution in [1.82, 2.24) is 4.90 Å². The van der Waals surface area contributed by atoms with Gasteiger partial charge in [0.25, 0.3) is 11.8 Å². The topological polar surface area (TPSA) is 86.7 Å². The number of carbonyl (C=O) groups is 3. The summed E-state index contributed by atoms with van der Waals surface area (Å²) in [6, 6.07) is 12.4. The first-order chi connectivity index (χ1) is 13.4. The number of likely N-dealkylation sites (tertiary alicyclic amines) is 1. The third-order valence-electron chi connectivity index (χ3n) is 5.37. The van der Waals surface area contributed by atoms with E-state index in [9.17, 15) is 14.4 Å². The standard InChI is InChI=1S/C22H24N2O4/c1-14-4-3-5-19(15(14)2)20(25)23-18-8-6-16(7-9-18)21(26)24-12-10-17(11-13-24)22(27)28/h3-9,17H,10-13H2,1-2H3,(H,23,25)(H,27,28). The van der Waals surface area contributed by atoms with Gasteiger partial charge in [-0.15, -0.1) is 0 Å². The molecule has 0 spiro atoms. The van der Waals surface area contributed by atoms with E-state index in [0.29, 0.717) is 42.7 Å². The lowest BCUT2D eigenvalue weighted by molar-refractivity contribution is -0.143. The Morgan fingerprint density at radius 3 is 2.25 bits per heavy atom. The van der Waals surface area contributed by atoms with Crippen molar-refractivity contribution in [3.63, 3.8) is 0 Å². The molecule has 0 aliphatic carbocycles. The predicted molar refractivity (Wildman–Crippen MR) is 107 cm³/mol. The summed E-state index contributed by atoms with van der Waals surface area (Å²) >= 11 is 0. The van der Waals surface area contributed by atoms with Crippen molar-refractivity contribution in [3.05, 3.63) is 64.7 Å². The van der Waals surface area contributed by atoms with E-state index in [1.165, 1.54) is 0 Å². The molecule has 0 bridgehead atoms. The van der Waals surface area contributed by atoms with E-state index in [-0.39, 0.29) is 17.7 Å². The van der Waals surface area contributed by atoms with E-state index in [1.807, 2.05) is 26.0 Å². The van der Waals surface area contributed by atoms with E-state index in [0.717, 1.165) is 11.1 Å². The summed E-state index contributed by atoms with van der Waals surface area (Å²) < 4.78 is 0. The molecule has 1 aliphatic heterocycles. The van der Waals surface area contributed by atoms with Crippen LogP contribution in [-0.2, 0) is 4.79 Å². The largest absolute Gasteiger partial charge is 0.481 e. The molecule has 0 radical (unpaired) electrons. The molecular weight excluding hydrogens is 356 g/mol. The zero-order chi connectivity index (χ0) is 20.3. The lowest BCUT2D eigenvalue weighted by Gasteiger charge is -2.30. The Morgan fingerprint density at radius 2 is 1.64 bits per heavy atom. The number of hydrogen-bond acceptors (Lipinski definition) is 3. The molecule has 2 N–H and O–H groups in total. The van der Waals surface area contributed by atoms with Gasteiger partial charge in [-0.2, -0.15) is 0 Å². The fraction of sp³-hybridized carbons (Fsp3) is 0.318. The minimum Gasteiger partial charge on any atom is -0.481 e. The molecule has 6 heteroatoms. The van der Waals surface area contributed by atoms with Gasteiger partial charge in [-0.1, -0.05) is 12.1 Å². The second-order valence-electron chi connectivity index (χ2n) is 7.18. The number of aliphatic carboxylic acids is 1. The minimum atomic E-state index is -0.795. The van der Waals surface area contributed by atoms with Crippen molar-refractivity contribution in [3.8, 4) is 0 Å². The van der Waals surface area contributed by atoms with E-state index in [1.54, 1.807) is 35.2 Å². The number of nitrogens with zero attached hydrogens (tertiary/aromatic N) is 1. The van der Waals surface area contributed by atoms with Crippen molar-refractivity contribution in [2.24, 2.45) is 5.92 Å². The molecule has 0 aromatic heterocycles. The zero-order valence-electron chi connectivity index (χ0n) is 16.1. The molecule has 1 saturated heterocycles. The lowest BCUT2D eigenvalue weighted by Crippen LogP contribution is -2.40. The van der Waals surface area contributed by atoms with Gasteiger partial charge in [-0.3, -0.25) is 14.4 Å². The van der Waals surface area contributed by atoms with Crippen LogP contribution in [0.3, 0.4) is 0 Å². The summed E-state index contributed by atoms with van der Waals surface area (Å²) in [5.74, 6) is -1.46. The Balaban J connectivity index is 1.63. The number of carboxylic acid groups (broad SMARTS) is 1. The van der Waals surface area contributed by atoms with E-state index >= 15 is 0 Å². The number of carbonyl (C=O) groups excluding carboxylic acids is 2. The fourth-order valence-corrected chi connectivity index (χ4v) is 3.40. The van der Waals surface area contributed by atoms with Gasteiger partial charge in [0.2, 0.25) is 0 Å². The number of rotatable bonds is 4. The fourth-order valence-electron chi connectivity index (χ4n) is 3.40. The summed E-state index contributed by atoms with van der Waals surface area (Å²) in [6.07, 6.45) is 0.954. The van der Waals surface area contributed by atoms with Crippen molar-refractivity contribution in [2.75, 3.05) is 18.4 Å². The third kappa shape index (κ3) is 4.22. The number of carboxylic acids is 1. The van der Waals surface area contributed by atoms with Crippen LogP contribution in [0.4, 0.5) is 5.69 Å². The maximum Gasteiger partial charge on any atom is 0.306 e. The van der Waals surface area contributed by atoms with E-state index in [2.05, 4.69) is 5.32 Å². The van der Waals surface area contributed by atoms with Crippen LogP contribution in [0.1, 0.15) is 44.7 Å². The first-order valence-electron chi connectivity index (χ1n) is 9.36. The molecule has 1 aliphatic rings. The number of benzene rings is 2. The smallest absolute Gasteiger partial charge is 0.306 e. The van der Waals surface area contributed by atoms with E-state index in [4.69, 9.17) is 5.11 Å². The highest BCUT2D eigenvalue weighted by molar-refractivity contribution is 6.05. The van der Waals surface area contributed by atoms with Gasteiger partial charge in [-0.05, 0) is 68.1 Å². The van der Waals surface area contributed by atoms with Crippen LogP contribution in [0.5, 0.6) is 0 Å². The predicted octanol–water partition coefficient (Wildman–Crippen LogP) is 3.49. The average Bonchev–Trinajstić information content (AvgIpc) is 2.70. The van der Waals surface area contributed by atoms with Gasteiger partial charge in [-0.25, -0.2) is 0 Å². The van der Waals surface area contributed by atoms with E-state index < -0.39 is 5.97 Å². The Morgan fingerprint density at radius 1 is 1.00 bits per heavy atom. The van der Waals surface area contributed by atoms with Crippen molar-refractivity contribution >= 4 is 23.5 Å². The SMILES string of the molecule is Cc1cccc(C(=O)Nc2ccc(C(=O)N3CCC(C(=O)O)CC3)cc2)c1C. The average molecular weight is 380 g/mol. The highest BCUT2D eigenvalue weighted by Crippen LogP contribution is 2.20. The van der Waals surface area contributed by atoms with Gasteiger partial charge >= 0.3 is 5.97 Å². The first kappa shape index (κ1) is 19.6. The van der Waals surface area contributed by atoms with Crippen LogP contribution in [-0.4, -0.2) is 40.9 Å². The number of hydrogen-bond donors (Lipinski definition) is 2. The van der Waals surface area contributed by atoms with Crippen LogP contribution in [0.15, 0.2) is 42.5 Å². The number of aryl methyl sites for hydroxylation is 1. The molecular formula is C22H24N2O4. The van der Waals surface area contributed by atoms with Crippen LogP contribution in [0.2, 0.25) is 0 Å². The van der Waals surface area contributed by atoms with Crippen LogP contribution >= 0.6 is 0 Å². The summed E-state index contributed by atoms with van der Waals surface area (Å²) in [5.41, 5.74) is 3.77. The van der Waals surface area contributed by atoms with Gasteiger partial charge in [0.1, 0.15) is 0 Å². The number of piperidine rings is 1. The van der Waals surface area contributed by atoms with Gasteiger partial charge in [0.05, 0.1) is 5.92 Å². The monoisotopic (exact) mass is 380 g/mol. The lowest BCUT2D eigenvalue weighted by atomic mass is 9.96. The van der Waals surface area contributed by atoms with Crippen molar-refractivity contribution in [2.45, 2.75) is 26.7 Å². The van der Waals surface area contributed by atoms with Crippen LogP contribution in [0.25, 0.3) is 0 Å². The molecule has 3 rings (SSSR count). The highest BCUT2D eigenvalue weighted by Gasteiger charge is 2.27. The molecule has 1 fully saturated rings. The molecule has 0 saturated carbocycles. The molecule has 0 atom stereocenters. The maximum atomic E-state index is 12.6. The molecule has 2 aromatic carbocycles. The zero-order valence-corrected chi connectivity index (χ0v) is 16.1. The summed E-state index contributed by atoms with van der Waals surface area (Å²) in [4.78, 5) is 37.8. The Kier molecular flexibility index (Phi) is 5.78. The van der Waals surface area contributed by atoms with Crippen LogP contribution in [0, 0.1) is 19.8 Å².